The number of carbonyl (C=O) groups is 2. The van der Waals surface area contributed by atoms with Crippen LogP contribution in [-0.2, 0) is 6.42 Å². The third-order valence-corrected chi connectivity index (χ3v) is 5.05. The molecule has 0 N–H and O–H groups in total. The Kier molecular flexibility index (Phi) is 7.80. The number of methoxy groups -OCH3 is 1. The van der Waals surface area contributed by atoms with Crippen molar-refractivity contribution in [3.05, 3.63) is 71.3 Å². The fourth-order valence-corrected chi connectivity index (χ4v) is 3.43. The van der Waals surface area contributed by atoms with E-state index in [1.165, 1.54) is 0 Å². The highest BCUT2D eigenvalue weighted by atomic mass is 35.5. The third kappa shape index (κ3) is 4.96. The highest BCUT2D eigenvalue weighted by molar-refractivity contribution is 6.05. The van der Waals surface area contributed by atoms with Crippen LogP contribution in [0.2, 0.25) is 0 Å². The summed E-state index contributed by atoms with van der Waals surface area (Å²) in [6.07, 6.45) is 1.11. The topological polar surface area (TPSA) is 46.6 Å². The summed E-state index contributed by atoms with van der Waals surface area (Å²) in [6, 6.07) is 17.0. The Hall–Kier alpha value is -2.85. The maximum absolute atomic E-state index is 13.0. The lowest BCUT2D eigenvalue weighted by atomic mass is 9.97. The van der Waals surface area contributed by atoms with Crippen molar-refractivity contribution in [1.29, 1.82) is 0 Å². The molecule has 0 fully saturated rings. The summed E-state index contributed by atoms with van der Waals surface area (Å²) < 4.78 is 5.39. The number of rotatable bonds is 8. The Balaban J connectivity index is 0.00000300. The highest BCUT2D eigenvalue weighted by Gasteiger charge is 2.15. The van der Waals surface area contributed by atoms with Gasteiger partial charge in [-0.2, -0.15) is 0 Å². The number of ketones is 1. The fourth-order valence-electron chi connectivity index (χ4n) is 3.43. The molecule has 0 spiro atoms. The van der Waals surface area contributed by atoms with Gasteiger partial charge in [0.15, 0.2) is 5.78 Å². The smallest absolute Gasteiger partial charge is 0.167 e. The van der Waals surface area contributed by atoms with Crippen LogP contribution in [0.4, 0.5) is 5.69 Å². The predicted molar refractivity (Wildman–Crippen MR) is 121 cm³/mol. The standard InChI is InChI=1S/C24H25NO3.ClH/c1-4-25(5-2)23-14-20(13-19-10-11-21(28-3)15-22(19)23)24(27)12-17-6-8-18(16-26)9-7-17;/h6-11,13-16H,4-5,12H2,1-3H3;1H. The predicted octanol–water partition coefficient (Wildman–Crippen LogP) is 5.35. The van der Waals surface area contributed by atoms with Crippen molar-refractivity contribution in [3.63, 3.8) is 0 Å². The van der Waals surface area contributed by atoms with Gasteiger partial charge in [0.1, 0.15) is 12.0 Å². The van der Waals surface area contributed by atoms with Crippen LogP contribution in [-0.4, -0.2) is 32.3 Å². The average molecular weight is 412 g/mol. The minimum atomic E-state index is 0. The zero-order valence-corrected chi connectivity index (χ0v) is 17.8. The van der Waals surface area contributed by atoms with E-state index in [2.05, 4.69) is 18.7 Å². The van der Waals surface area contributed by atoms with E-state index in [9.17, 15) is 9.59 Å². The lowest BCUT2D eigenvalue weighted by molar-refractivity contribution is 0.0993. The van der Waals surface area contributed by atoms with Crippen LogP contribution in [0, 0.1) is 0 Å². The first kappa shape index (κ1) is 22.4. The molecule has 0 aromatic heterocycles. The van der Waals surface area contributed by atoms with Crippen LogP contribution in [0.1, 0.15) is 40.1 Å². The third-order valence-electron chi connectivity index (χ3n) is 5.05. The fraction of sp³-hybridized carbons (Fsp3) is 0.250. The molecule has 0 bridgehead atoms. The van der Waals surface area contributed by atoms with Crippen molar-refractivity contribution in [2.24, 2.45) is 0 Å². The van der Waals surface area contributed by atoms with Gasteiger partial charge >= 0.3 is 0 Å². The zero-order valence-electron chi connectivity index (χ0n) is 17.0. The van der Waals surface area contributed by atoms with Gasteiger partial charge < -0.3 is 9.64 Å². The van der Waals surface area contributed by atoms with E-state index in [4.69, 9.17) is 4.74 Å². The van der Waals surface area contributed by atoms with Crippen molar-refractivity contribution in [2.45, 2.75) is 20.3 Å². The van der Waals surface area contributed by atoms with Crippen molar-refractivity contribution < 1.29 is 14.3 Å². The van der Waals surface area contributed by atoms with Crippen LogP contribution in [0.5, 0.6) is 5.75 Å². The molecule has 0 unspecified atom stereocenters. The molecule has 152 valence electrons. The molecular weight excluding hydrogens is 386 g/mol. The van der Waals surface area contributed by atoms with Gasteiger partial charge in [0.25, 0.3) is 0 Å². The van der Waals surface area contributed by atoms with E-state index in [1.54, 1.807) is 19.2 Å². The average Bonchev–Trinajstić information content (AvgIpc) is 2.74. The molecule has 0 saturated carbocycles. The van der Waals surface area contributed by atoms with Gasteiger partial charge in [-0.1, -0.05) is 30.3 Å². The van der Waals surface area contributed by atoms with Crippen molar-refractivity contribution >= 4 is 40.9 Å². The number of carbonyl (C=O) groups excluding carboxylic acids is 2. The molecule has 0 atom stereocenters. The zero-order chi connectivity index (χ0) is 20.1. The maximum atomic E-state index is 13.0. The van der Waals surface area contributed by atoms with Crippen LogP contribution in [0.25, 0.3) is 10.8 Å². The summed E-state index contributed by atoms with van der Waals surface area (Å²) in [4.78, 5) is 26.0. The molecule has 0 aliphatic carbocycles. The number of fused-ring (bicyclic) bond motifs is 1. The Bertz CT molecular complexity index is 995. The minimum Gasteiger partial charge on any atom is -0.497 e. The molecule has 5 heteroatoms. The van der Waals surface area contributed by atoms with Gasteiger partial charge in [-0.05, 0) is 49.1 Å². The number of hydrogen-bond donors (Lipinski definition) is 0. The van der Waals surface area contributed by atoms with Gasteiger partial charge in [0.2, 0.25) is 0 Å². The summed E-state index contributed by atoms with van der Waals surface area (Å²) >= 11 is 0. The lowest BCUT2D eigenvalue weighted by Gasteiger charge is -2.24. The maximum Gasteiger partial charge on any atom is 0.167 e. The van der Waals surface area contributed by atoms with Crippen molar-refractivity contribution in [2.75, 3.05) is 25.1 Å². The number of Topliss-reactive ketones (excluding diaryl/α,β-unsaturated/α-hetero) is 1. The van der Waals surface area contributed by atoms with Gasteiger partial charge in [-0.15, -0.1) is 12.4 Å². The van der Waals surface area contributed by atoms with E-state index >= 15 is 0 Å². The summed E-state index contributed by atoms with van der Waals surface area (Å²) in [6.45, 7) is 5.93. The Morgan fingerprint density at radius 1 is 1.00 bits per heavy atom. The number of hydrogen-bond acceptors (Lipinski definition) is 4. The van der Waals surface area contributed by atoms with Gasteiger partial charge in [-0.25, -0.2) is 0 Å². The van der Waals surface area contributed by atoms with Crippen LogP contribution in [0.15, 0.2) is 54.6 Å². The number of nitrogens with zero attached hydrogens (tertiary/aromatic N) is 1. The normalized spacial score (nSPS) is 10.3. The second-order valence-electron chi connectivity index (χ2n) is 6.71. The van der Waals surface area contributed by atoms with Crippen LogP contribution >= 0.6 is 12.4 Å². The molecule has 0 heterocycles. The van der Waals surface area contributed by atoms with E-state index in [0.717, 1.165) is 47.1 Å². The first-order chi connectivity index (χ1) is 13.6. The number of anilines is 1. The second-order valence-corrected chi connectivity index (χ2v) is 6.71. The molecule has 0 radical (unpaired) electrons. The molecule has 0 saturated heterocycles. The molecule has 3 aromatic carbocycles. The quantitative estimate of drug-likeness (QED) is 0.370. The molecule has 3 aromatic rings. The van der Waals surface area contributed by atoms with Gasteiger partial charge in [-0.3, -0.25) is 9.59 Å². The Labute approximate surface area is 177 Å². The van der Waals surface area contributed by atoms with E-state index in [-0.39, 0.29) is 18.2 Å². The van der Waals surface area contributed by atoms with Gasteiger partial charge in [0, 0.05) is 41.7 Å². The number of aldehydes is 1. The van der Waals surface area contributed by atoms with Crippen LogP contribution in [0.3, 0.4) is 0 Å². The molecule has 29 heavy (non-hydrogen) atoms. The Morgan fingerprint density at radius 3 is 2.28 bits per heavy atom. The monoisotopic (exact) mass is 411 g/mol. The first-order valence-electron chi connectivity index (χ1n) is 9.53. The van der Waals surface area contributed by atoms with Crippen molar-refractivity contribution in [3.8, 4) is 5.75 Å². The van der Waals surface area contributed by atoms with Crippen molar-refractivity contribution in [1.82, 2.24) is 0 Å². The van der Waals surface area contributed by atoms with Crippen LogP contribution < -0.4 is 9.64 Å². The molecule has 0 amide bonds. The largest absolute Gasteiger partial charge is 0.497 e. The summed E-state index contributed by atoms with van der Waals surface area (Å²) in [5, 5.41) is 2.10. The molecule has 4 nitrogen and oxygen atoms in total. The SMILES string of the molecule is CCN(CC)c1cc(C(=O)Cc2ccc(C=O)cc2)cc2ccc(OC)cc12.Cl. The summed E-state index contributed by atoms with van der Waals surface area (Å²) in [5.41, 5.74) is 3.24. The van der Waals surface area contributed by atoms with Gasteiger partial charge in [0.05, 0.1) is 7.11 Å². The Morgan fingerprint density at radius 2 is 1.69 bits per heavy atom. The van der Waals surface area contributed by atoms with E-state index < -0.39 is 0 Å². The summed E-state index contributed by atoms with van der Waals surface area (Å²) in [7, 11) is 1.66. The first-order valence-corrected chi connectivity index (χ1v) is 9.53. The molecular formula is C24H26ClNO3. The summed E-state index contributed by atoms with van der Waals surface area (Å²) in [5.74, 6) is 0.861. The highest BCUT2D eigenvalue weighted by Crippen LogP contribution is 2.32. The molecule has 0 aliphatic rings. The van der Waals surface area contributed by atoms with E-state index in [0.29, 0.717) is 17.5 Å². The number of benzene rings is 3. The molecule has 3 rings (SSSR count). The number of ether oxygens (including phenoxy) is 1. The minimum absolute atomic E-state index is 0. The van der Waals surface area contributed by atoms with E-state index in [1.807, 2.05) is 42.5 Å². The second kappa shape index (κ2) is 10.1. The lowest BCUT2D eigenvalue weighted by Crippen LogP contribution is -2.22. The number of halogens is 1. The molecule has 0 aliphatic heterocycles.